The van der Waals surface area contributed by atoms with Crippen molar-refractivity contribution in [3.63, 3.8) is 0 Å². The Morgan fingerprint density at radius 3 is 2.55 bits per heavy atom. The molecule has 0 aliphatic carbocycles. The predicted octanol–water partition coefficient (Wildman–Crippen LogP) is 4.60. The van der Waals surface area contributed by atoms with Gasteiger partial charge in [-0.3, -0.25) is 19.3 Å². The molecule has 1 saturated heterocycles. The normalized spacial score (nSPS) is 19.3. The fourth-order valence-corrected chi connectivity index (χ4v) is 4.76. The highest BCUT2D eigenvalue weighted by Gasteiger charge is 2.60. The molecule has 1 unspecified atom stereocenters. The number of carbonyl (C=O) groups is 3. The number of amides is 3. The number of carbonyl (C=O) groups excluding carboxylic acids is 3. The van der Waals surface area contributed by atoms with Crippen LogP contribution < -0.4 is 10.2 Å². The van der Waals surface area contributed by atoms with Crippen LogP contribution in [0, 0.1) is 5.82 Å². The lowest BCUT2D eigenvalue weighted by atomic mass is 9.94. The van der Waals surface area contributed by atoms with Crippen LogP contribution in [-0.2, 0) is 16.1 Å². The first-order valence-corrected chi connectivity index (χ1v) is 10.8. The molecule has 0 saturated carbocycles. The van der Waals surface area contributed by atoms with Crippen LogP contribution in [-0.4, -0.2) is 28.3 Å². The molecule has 0 spiro atoms. The van der Waals surface area contributed by atoms with E-state index in [0.29, 0.717) is 11.3 Å². The smallest absolute Gasteiger partial charge is 0.271 e. The summed E-state index contributed by atoms with van der Waals surface area (Å²) in [5.74, 6) is -2.00. The summed E-state index contributed by atoms with van der Waals surface area (Å²) in [7, 11) is 0. The van der Waals surface area contributed by atoms with Crippen LogP contribution in [0.4, 0.5) is 15.8 Å². The van der Waals surface area contributed by atoms with E-state index >= 15 is 0 Å². The first-order valence-electron chi connectivity index (χ1n) is 10.5. The van der Waals surface area contributed by atoms with Crippen LogP contribution in [0.2, 0.25) is 5.02 Å². The molecule has 166 valence electrons. The second-order valence-electron chi connectivity index (χ2n) is 8.02. The number of rotatable bonds is 4. The van der Waals surface area contributed by atoms with Crippen molar-refractivity contribution in [2.75, 3.05) is 10.2 Å². The number of anilines is 2. The van der Waals surface area contributed by atoms with Crippen molar-refractivity contribution in [1.29, 1.82) is 0 Å². The maximum atomic E-state index is 14.4. The third-order valence-electron chi connectivity index (χ3n) is 6.10. The largest absolute Gasteiger partial charge is 0.320 e. The minimum Gasteiger partial charge on any atom is -0.320 e. The SMILES string of the molecule is O=C1c2ccccc2N2C(=O)CCC2(C(=O)Nc2cc(Cl)ccc2F)N1Cc1ccccc1. The van der Waals surface area contributed by atoms with Gasteiger partial charge in [0.15, 0.2) is 0 Å². The first kappa shape index (κ1) is 21.2. The molecular formula is C25H19ClFN3O3. The van der Waals surface area contributed by atoms with Gasteiger partial charge in [0.25, 0.3) is 11.8 Å². The van der Waals surface area contributed by atoms with Gasteiger partial charge in [0.05, 0.1) is 16.9 Å². The van der Waals surface area contributed by atoms with Gasteiger partial charge in [-0.15, -0.1) is 0 Å². The average Bonchev–Trinajstić information content (AvgIpc) is 3.18. The van der Waals surface area contributed by atoms with Crippen LogP contribution in [0.15, 0.2) is 72.8 Å². The van der Waals surface area contributed by atoms with Gasteiger partial charge in [0.1, 0.15) is 5.82 Å². The van der Waals surface area contributed by atoms with Gasteiger partial charge in [-0.1, -0.05) is 54.1 Å². The zero-order chi connectivity index (χ0) is 23.2. The van der Waals surface area contributed by atoms with E-state index in [9.17, 15) is 18.8 Å². The summed E-state index contributed by atoms with van der Waals surface area (Å²) in [6.07, 6.45) is 0.144. The standard InChI is InChI=1S/C25H19ClFN3O3/c26-17-10-11-19(27)20(14-17)28-24(33)25-13-12-22(31)30(25)21-9-5-4-8-18(21)23(32)29(25)15-16-6-2-1-3-7-16/h1-11,14H,12-13,15H2,(H,28,33). The summed E-state index contributed by atoms with van der Waals surface area (Å²) in [5, 5.41) is 2.83. The van der Waals surface area contributed by atoms with E-state index in [4.69, 9.17) is 11.6 Å². The molecule has 0 bridgehead atoms. The number of nitrogens with one attached hydrogen (secondary N) is 1. The van der Waals surface area contributed by atoms with E-state index in [2.05, 4.69) is 5.32 Å². The highest BCUT2D eigenvalue weighted by atomic mass is 35.5. The fraction of sp³-hybridized carbons (Fsp3) is 0.160. The van der Waals surface area contributed by atoms with Crippen LogP contribution in [0.5, 0.6) is 0 Å². The number of nitrogens with zero attached hydrogens (tertiary/aromatic N) is 2. The van der Waals surface area contributed by atoms with Crippen molar-refractivity contribution < 1.29 is 18.8 Å². The monoisotopic (exact) mass is 463 g/mol. The molecule has 5 rings (SSSR count). The lowest BCUT2D eigenvalue weighted by molar-refractivity contribution is -0.129. The minimum absolute atomic E-state index is 0.0678. The molecule has 8 heteroatoms. The number of hydrogen-bond donors (Lipinski definition) is 1. The molecule has 0 radical (unpaired) electrons. The van der Waals surface area contributed by atoms with Gasteiger partial charge in [-0.25, -0.2) is 4.39 Å². The summed E-state index contributed by atoms with van der Waals surface area (Å²) in [6.45, 7) is 0.100. The van der Waals surface area contributed by atoms with Gasteiger partial charge < -0.3 is 10.2 Å². The van der Waals surface area contributed by atoms with Crippen LogP contribution >= 0.6 is 11.6 Å². The molecule has 1 atom stereocenters. The fourth-order valence-electron chi connectivity index (χ4n) is 4.59. The highest BCUT2D eigenvalue weighted by molar-refractivity contribution is 6.31. The Bertz CT molecular complexity index is 1280. The molecule has 2 aliphatic rings. The average molecular weight is 464 g/mol. The molecule has 1 fully saturated rings. The topological polar surface area (TPSA) is 69.7 Å². The van der Waals surface area contributed by atoms with Gasteiger partial charge in [-0.2, -0.15) is 0 Å². The van der Waals surface area contributed by atoms with Crippen LogP contribution in [0.3, 0.4) is 0 Å². The third-order valence-corrected chi connectivity index (χ3v) is 6.33. The number of hydrogen-bond acceptors (Lipinski definition) is 3. The highest BCUT2D eigenvalue weighted by Crippen LogP contribution is 2.45. The Labute approximate surface area is 194 Å². The first-order chi connectivity index (χ1) is 15.9. The second-order valence-corrected chi connectivity index (χ2v) is 8.45. The molecule has 1 N–H and O–H groups in total. The van der Waals surface area contributed by atoms with E-state index < -0.39 is 17.4 Å². The van der Waals surface area contributed by atoms with E-state index in [0.717, 1.165) is 11.6 Å². The molecule has 2 heterocycles. The van der Waals surface area contributed by atoms with Crippen molar-refractivity contribution in [1.82, 2.24) is 4.90 Å². The Balaban J connectivity index is 1.66. The minimum atomic E-state index is -1.65. The zero-order valence-corrected chi connectivity index (χ0v) is 18.2. The predicted molar refractivity (Wildman–Crippen MR) is 122 cm³/mol. The van der Waals surface area contributed by atoms with Crippen molar-refractivity contribution in [3.05, 3.63) is 94.8 Å². The Hall–Kier alpha value is -3.71. The molecule has 2 aliphatic heterocycles. The molecule has 3 amide bonds. The van der Waals surface area contributed by atoms with E-state index in [1.54, 1.807) is 24.3 Å². The van der Waals surface area contributed by atoms with Crippen LogP contribution in [0.25, 0.3) is 0 Å². The van der Waals surface area contributed by atoms with Crippen molar-refractivity contribution in [3.8, 4) is 0 Å². The molecule has 0 aromatic heterocycles. The molecule has 3 aromatic rings. The van der Waals surface area contributed by atoms with Crippen LogP contribution in [0.1, 0.15) is 28.8 Å². The molecular weight excluding hydrogens is 445 g/mol. The molecule has 3 aromatic carbocycles. The van der Waals surface area contributed by atoms with Gasteiger partial charge in [0, 0.05) is 24.4 Å². The lowest BCUT2D eigenvalue weighted by Gasteiger charge is -2.49. The third kappa shape index (κ3) is 3.36. The van der Waals surface area contributed by atoms with E-state index in [1.165, 1.54) is 21.9 Å². The summed E-state index contributed by atoms with van der Waals surface area (Å²) >= 11 is 6.00. The molecule has 6 nitrogen and oxygen atoms in total. The van der Waals surface area contributed by atoms with Gasteiger partial charge in [0.2, 0.25) is 11.6 Å². The van der Waals surface area contributed by atoms with Crippen molar-refractivity contribution in [2.45, 2.75) is 25.0 Å². The number of fused-ring (bicyclic) bond motifs is 3. The van der Waals surface area contributed by atoms with Crippen molar-refractivity contribution in [2.24, 2.45) is 0 Å². The van der Waals surface area contributed by atoms with Crippen molar-refractivity contribution >= 4 is 40.7 Å². The van der Waals surface area contributed by atoms with Gasteiger partial charge in [-0.05, 0) is 35.9 Å². The Morgan fingerprint density at radius 1 is 1.03 bits per heavy atom. The summed E-state index contributed by atoms with van der Waals surface area (Å²) in [6, 6.07) is 19.8. The summed E-state index contributed by atoms with van der Waals surface area (Å²) in [5.41, 5.74) is -0.262. The quantitative estimate of drug-likeness (QED) is 0.615. The lowest BCUT2D eigenvalue weighted by Crippen LogP contribution is -2.69. The second kappa shape index (κ2) is 8.01. The maximum Gasteiger partial charge on any atom is 0.271 e. The number of benzene rings is 3. The Morgan fingerprint density at radius 2 is 1.76 bits per heavy atom. The summed E-state index contributed by atoms with van der Waals surface area (Å²) < 4.78 is 14.4. The Kier molecular flexibility index (Phi) is 5.13. The van der Waals surface area contributed by atoms with E-state index in [-0.39, 0.29) is 41.9 Å². The molecule has 33 heavy (non-hydrogen) atoms. The maximum absolute atomic E-state index is 14.4. The number of halogens is 2. The zero-order valence-electron chi connectivity index (χ0n) is 17.4. The number of para-hydroxylation sites is 1. The van der Waals surface area contributed by atoms with Gasteiger partial charge >= 0.3 is 0 Å². The summed E-state index contributed by atoms with van der Waals surface area (Å²) in [4.78, 5) is 43.4. The van der Waals surface area contributed by atoms with E-state index in [1.807, 2.05) is 30.3 Å².